The van der Waals surface area contributed by atoms with Gasteiger partial charge in [0, 0.05) is 18.2 Å². The van der Waals surface area contributed by atoms with E-state index in [0.717, 1.165) is 12.1 Å². The molecule has 2 aromatic rings. The summed E-state index contributed by atoms with van der Waals surface area (Å²) >= 11 is 0. The number of esters is 1. The summed E-state index contributed by atoms with van der Waals surface area (Å²) in [5, 5.41) is 0. The molecular formula is C20H20F3NO7S. The second-order valence-electron chi connectivity index (χ2n) is 6.09. The Kier molecular flexibility index (Phi) is 8.11. The van der Waals surface area contributed by atoms with Crippen LogP contribution < -0.4 is 18.9 Å². The Labute approximate surface area is 182 Å². The minimum Gasteiger partial charge on any atom is -0.493 e. The number of nitrogens with one attached hydrogen (secondary N) is 1. The van der Waals surface area contributed by atoms with Gasteiger partial charge in [-0.3, -0.25) is 0 Å². The van der Waals surface area contributed by atoms with Crippen LogP contribution in [0.4, 0.5) is 13.2 Å². The van der Waals surface area contributed by atoms with Crippen molar-refractivity contribution < 1.29 is 45.3 Å². The summed E-state index contributed by atoms with van der Waals surface area (Å²) in [7, 11) is -0.599. The lowest BCUT2D eigenvalue weighted by Gasteiger charge is -2.16. The summed E-state index contributed by atoms with van der Waals surface area (Å²) in [5.74, 6) is -1.28. The summed E-state index contributed by atoms with van der Waals surface area (Å²) in [6.45, 7) is -0.498. The molecule has 2 aromatic carbocycles. The van der Waals surface area contributed by atoms with Crippen LogP contribution >= 0.6 is 0 Å². The molecule has 2 rings (SSSR count). The molecule has 8 nitrogen and oxygen atoms in total. The van der Waals surface area contributed by atoms with Crippen LogP contribution in [0.2, 0.25) is 0 Å². The molecule has 0 aliphatic rings. The molecule has 0 aliphatic heterocycles. The zero-order valence-electron chi connectivity index (χ0n) is 17.2. The van der Waals surface area contributed by atoms with E-state index < -0.39 is 34.6 Å². The lowest BCUT2D eigenvalue weighted by molar-refractivity contribution is -0.274. The first kappa shape index (κ1) is 25.0. The van der Waals surface area contributed by atoms with Crippen molar-refractivity contribution in [3.05, 3.63) is 53.6 Å². The molecule has 0 aromatic heterocycles. The first-order valence-electron chi connectivity index (χ1n) is 8.86. The van der Waals surface area contributed by atoms with Gasteiger partial charge in [0.2, 0.25) is 10.0 Å². The van der Waals surface area contributed by atoms with Gasteiger partial charge in [-0.1, -0.05) is 18.2 Å². The molecule has 0 spiro atoms. The predicted molar refractivity (Wildman–Crippen MR) is 108 cm³/mol. The van der Waals surface area contributed by atoms with Crippen LogP contribution in [-0.4, -0.2) is 42.1 Å². The Balaban J connectivity index is 2.41. The smallest absolute Gasteiger partial charge is 0.493 e. The van der Waals surface area contributed by atoms with Gasteiger partial charge >= 0.3 is 12.3 Å². The number of methoxy groups -OCH3 is 3. The van der Waals surface area contributed by atoms with Gasteiger partial charge in [-0.25, -0.2) is 17.9 Å². The van der Waals surface area contributed by atoms with Crippen LogP contribution in [-0.2, 0) is 26.1 Å². The average Bonchev–Trinajstić information content (AvgIpc) is 2.74. The summed E-state index contributed by atoms with van der Waals surface area (Å²) in [6.07, 6.45) is -2.55. The number of rotatable bonds is 9. The Bertz CT molecular complexity index is 1100. The standard InChI is InChI=1S/C20H20F3NO7S/c1-28-16-10-13(8-9-18(25)29-2)11-17(19(16)30-3)32(26,27)24-12-14-6-4-5-7-15(14)31-20(21,22)23/h4-11,24H,12H2,1-3H3/b9-8+. The number of halogens is 3. The third-order valence-electron chi connectivity index (χ3n) is 4.02. The fourth-order valence-corrected chi connectivity index (χ4v) is 3.82. The molecule has 0 aliphatic carbocycles. The van der Waals surface area contributed by atoms with Gasteiger partial charge in [0.25, 0.3) is 0 Å². The van der Waals surface area contributed by atoms with Crippen molar-refractivity contribution in [3.8, 4) is 17.2 Å². The lowest BCUT2D eigenvalue weighted by atomic mass is 10.2. The molecule has 0 unspecified atom stereocenters. The van der Waals surface area contributed by atoms with Gasteiger partial charge in [-0.2, -0.15) is 0 Å². The molecule has 0 bridgehead atoms. The third kappa shape index (κ3) is 6.62. The molecule has 174 valence electrons. The van der Waals surface area contributed by atoms with Crippen LogP contribution in [0, 0.1) is 0 Å². The highest BCUT2D eigenvalue weighted by Gasteiger charge is 2.32. The summed E-state index contributed by atoms with van der Waals surface area (Å²) < 4.78 is 84.8. The number of alkyl halides is 3. The quantitative estimate of drug-likeness (QED) is 0.439. The Morgan fingerprint density at radius 1 is 1.06 bits per heavy atom. The van der Waals surface area contributed by atoms with Crippen molar-refractivity contribution in [2.24, 2.45) is 0 Å². The number of hydrogen-bond donors (Lipinski definition) is 1. The second-order valence-corrected chi connectivity index (χ2v) is 7.83. The molecule has 0 heterocycles. The van der Waals surface area contributed by atoms with E-state index >= 15 is 0 Å². The minimum atomic E-state index is -4.94. The monoisotopic (exact) mass is 475 g/mol. The van der Waals surface area contributed by atoms with Crippen LogP contribution in [0.3, 0.4) is 0 Å². The highest BCUT2D eigenvalue weighted by atomic mass is 32.2. The van der Waals surface area contributed by atoms with E-state index in [9.17, 15) is 26.4 Å². The van der Waals surface area contributed by atoms with Gasteiger partial charge in [-0.05, 0) is 29.8 Å². The van der Waals surface area contributed by atoms with Crippen molar-refractivity contribution >= 4 is 22.1 Å². The first-order valence-corrected chi connectivity index (χ1v) is 10.3. The Hall–Kier alpha value is -3.25. The van der Waals surface area contributed by atoms with Gasteiger partial charge in [0.15, 0.2) is 11.5 Å². The number of carbonyl (C=O) groups excluding carboxylic acids is 1. The van der Waals surface area contributed by atoms with E-state index in [2.05, 4.69) is 14.2 Å². The molecule has 0 amide bonds. The maximum atomic E-state index is 13.0. The van der Waals surface area contributed by atoms with Crippen molar-refractivity contribution in [2.45, 2.75) is 17.8 Å². The fraction of sp³-hybridized carbons (Fsp3) is 0.250. The van der Waals surface area contributed by atoms with Crippen LogP contribution in [0.25, 0.3) is 6.08 Å². The van der Waals surface area contributed by atoms with Gasteiger partial charge in [0.1, 0.15) is 10.6 Å². The molecular weight excluding hydrogens is 455 g/mol. The van der Waals surface area contributed by atoms with Gasteiger partial charge in [-0.15, -0.1) is 13.2 Å². The zero-order chi connectivity index (χ0) is 23.9. The van der Waals surface area contributed by atoms with Crippen molar-refractivity contribution in [1.82, 2.24) is 4.72 Å². The van der Waals surface area contributed by atoms with E-state index in [1.165, 1.54) is 57.7 Å². The van der Waals surface area contributed by atoms with E-state index in [0.29, 0.717) is 0 Å². The zero-order valence-corrected chi connectivity index (χ0v) is 18.0. The van der Waals surface area contributed by atoms with Crippen molar-refractivity contribution in [3.63, 3.8) is 0 Å². The average molecular weight is 475 g/mol. The lowest BCUT2D eigenvalue weighted by Crippen LogP contribution is -2.25. The molecule has 12 heteroatoms. The SMILES string of the molecule is COC(=O)/C=C/c1cc(OC)c(OC)c(S(=O)(=O)NCc2ccccc2OC(F)(F)F)c1. The van der Waals surface area contributed by atoms with Crippen LogP contribution in [0.15, 0.2) is 47.4 Å². The van der Waals surface area contributed by atoms with E-state index in [-0.39, 0.29) is 27.5 Å². The summed E-state index contributed by atoms with van der Waals surface area (Å²) in [6, 6.07) is 7.76. The summed E-state index contributed by atoms with van der Waals surface area (Å²) in [4.78, 5) is 11.0. The normalized spacial score (nSPS) is 11.9. The Morgan fingerprint density at radius 2 is 1.75 bits per heavy atom. The highest BCUT2D eigenvalue weighted by Crippen LogP contribution is 2.36. The number of carbonyl (C=O) groups is 1. The largest absolute Gasteiger partial charge is 0.573 e. The maximum Gasteiger partial charge on any atom is 0.573 e. The fourth-order valence-electron chi connectivity index (χ4n) is 2.60. The second kappa shape index (κ2) is 10.4. The van der Waals surface area contributed by atoms with Gasteiger partial charge in [0.05, 0.1) is 21.3 Å². The topological polar surface area (TPSA) is 100 Å². The van der Waals surface area contributed by atoms with E-state index in [1.807, 2.05) is 0 Å². The molecule has 1 N–H and O–H groups in total. The maximum absolute atomic E-state index is 13.0. The molecule has 0 atom stereocenters. The highest BCUT2D eigenvalue weighted by molar-refractivity contribution is 7.89. The van der Waals surface area contributed by atoms with Crippen LogP contribution in [0.5, 0.6) is 17.2 Å². The molecule has 32 heavy (non-hydrogen) atoms. The van der Waals surface area contributed by atoms with Crippen molar-refractivity contribution in [2.75, 3.05) is 21.3 Å². The number of ether oxygens (including phenoxy) is 4. The van der Waals surface area contributed by atoms with Crippen molar-refractivity contribution in [1.29, 1.82) is 0 Å². The first-order chi connectivity index (χ1) is 15.0. The van der Waals surface area contributed by atoms with E-state index in [1.54, 1.807) is 0 Å². The molecule has 0 fully saturated rings. The number of sulfonamides is 1. The number of para-hydroxylation sites is 1. The number of hydrogen-bond acceptors (Lipinski definition) is 7. The molecule has 0 radical (unpaired) electrons. The van der Waals surface area contributed by atoms with Gasteiger partial charge < -0.3 is 18.9 Å². The Morgan fingerprint density at radius 3 is 2.34 bits per heavy atom. The third-order valence-corrected chi connectivity index (χ3v) is 5.43. The predicted octanol–water partition coefficient (Wildman–Crippen LogP) is 3.27. The number of benzene rings is 2. The minimum absolute atomic E-state index is 0.0407. The van der Waals surface area contributed by atoms with Crippen LogP contribution in [0.1, 0.15) is 11.1 Å². The molecule has 0 saturated carbocycles. The van der Waals surface area contributed by atoms with E-state index in [4.69, 9.17) is 9.47 Å². The summed E-state index contributed by atoms with van der Waals surface area (Å²) in [5.41, 5.74) is 0.232. The molecule has 0 saturated heterocycles.